The van der Waals surface area contributed by atoms with Crippen molar-refractivity contribution in [3.05, 3.63) is 53.2 Å². The molecule has 100 valence electrons. The van der Waals surface area contributed by atoms with Crippen LogP contribution in [0, 0.1) is 19.3 Å². The van der Waals surface area contributed by atoms with Gasteiger partial charge in [0.15, 0.2) is 0 Å². The van der Waals surface area contributed by atoms with E-state index in [0.29, 0.717) is 5.41 Å². The summed E-state index contributed by atoms with van der Waals surface area (Å²) in [4.78, 5) is 4.65. The molecular weight excluding hydrogens is 230 g/mol. The summed E-state index contributed by atoms with van der Waals surface area (Å²) in [6.45, 7) is 11.1. The normalized spacial score (nSPS) is 11.6. The van der Waals surface area contributed by atoms with Gasteiger partial charge in [0.05, 0.1) is 5.69 Å². The summed E-state index contributed by atoms with van der Waals surface area (Å²) in [5.74, 6) is 0. The van der Waals surface area contributed by atoms with E-state index in [9.17, 15) is 0 Å². The fourth-order valence-electron chi connectivity index (χ4n) is 2.35. The average Bonchev–Trinajstić information content (AvgIpc) is 2.31. The van der Waals surface area contributed by atoms with Crippen LogP contribution in [-0.4, -0.2) is 4.98 Å². The minimum absolute atomic E-state index is 0.302. The molecule has 0 radical (unpaired) electrons. The lowest BCUT2D eigenvalue weighted by Crippen LogP contribution is -2.10. The van der Waals surface area contributed by atoms with Crippen molar-refractivity contribution < 1.29 is 0 Å². The van der Waals surface area contributed by atoms with E-state index in [1.807, 2.05) is 6.20 Å². The van der Waals surface area contributed by atoms with E-state index in [2.05, 4.69) is 69.9 Å². The van der Waals surface area contributed by atoms with Crippen molar-refractivity contribution in [2.45, 2.75) is 41.0 Å². The summed E-state index contributed by atoms with van der Waals surface area (Å²) < 4.78 is 0. The first-order valence-electron chi connectivity index (χ1n) is 6.88. The Morgan fingerprint density at radius 3 is 2.26 bits per heavy atom. The van der Waals surface area contributed by atoms with Gasteiger partial charge in [0.1, 0.15) is 0 Å². The molecule has 0 saturated heterocycles. The fraction of sp³-hybridized carbons (Fsp3) is 0.389. The van der Waals surface area contributed by atoms with Crippen molar-refractivity contribution in [3.63, 3.8) is 0 Å². The molecular formula is C18H23N. The van der Waals surface area contributed by atoms with Crippen molar-refractivity contribution in [2.75, 3.05) is 0 Å². The van der Waals surface area contributed by atoms with Crippen LogP contribution in [0.25, 0.3) is 11.3 Å². The van der Waals surface area contributed by atoms with Crippen LogP contribution in [0.3, 0.4) is 0 Å². The van der Waals surface area contributed by atoms with Gasteiger partial charge in [-0.1, -0.05) is 45.0 Å². The van der Waals surface area contributed by atoms with Gasteiger partial charge in [-0.3, -0.25) is 4.98 Å². The van der Waals surface area contributed by atoms with E-state index in [0.717, 1.165) is 12.1 Å². The Labute approximate surface area is 116 Å². The zero-order valence-corrected chi connectivity index (χ0v) is 12.6. The molecule has 1 aromatic heterocycles. The standard InChI is InChI=1S/C18H23N/c1-13-8-6-7-9-16(13)17-10-14(2)15(12-19-17)11-18(3,4)5/h6-10,12H,11H2,1-5H3. The van der Waals surface area contributed by atoms with Gasteiger partial charge in [0.25, 0.3) is 0 Å². The third kappa shape index (κ3) is 3.44. The van der Waals surface area contributed by atoms with Crippen molar-refractivity contribution in [1.82, 2.24) is 4.98 Å². The number of benzene rings is 1. The maximum Gasteiger partial charge on any atom is 0.0707 e. The third-order valence-corrected chi connectivity index (χ3v) is 3.36. The monoisotopic (exact) mass is 253 g/mol. The molecule has 0 N–H and O–H groups in total. The number of hydrogen-bond acceptors (Lipinski definition) is 1. The van der Waals surface area contributed by atoms with Crippen LogP contribution in [0.2, 0.25) is 0 Å². The van der Waals surface area contributed by atoms with E-state index in [1.165, 1.54) is 22.3 Å². The maximum absolute atomic E-state index is 4.65. The van der Waals surface area contributed by atoms with Crippen LogP contribution in [-0.2, 0) is 6.42 Å². The van der Waals surface area contributed by atoms with Crippen LogP contribution < -0.4 is 0 Å². The molecule has 1 aromatic carbocycles. The molecule has 0 unspecified atom stereocenters. The average molecular weight is 253 g/mol. The lowest BCUT2D eigenvalue weighted by atomic mass is 9.87. The molecule has 2 aromatic rings. The van der Waals surface area contributed by atoms with Crippen molar-refractivity contribution >= 4 is 0 Å². The second-order valence-electron chi connectivity index (χ2n) is 6.55. The second kappa shape index (κ2) is 5.16. The predicted molar refractivity (Wildman–Crippen MR) is 82.3 cm³/mol. The number of aryl methyl sites for hydroxylation is 2. The van der Waals surface area contributed by atoms with Gasteiger partial charge in [-0.05, 0) is 48.4 Å². The van der Waals surface area contributed by atoms with Gasteiger partial charge in [-0.15, -0.1) is 0 Å². The summed E-state index contributed by atoms with van der Waals surface area (Å²) in [6.07, 6.45) is 3.11. The van der Waals surface area contributed by atoms with Gasteiger partial charge >= 0.3 is 0 Å². The minimum atomic E-state index is 0.302. The minimum Gasteiger partial charge on any atom is -0.256 e. The van der Waals surface area contributed by atoms with E-state index < -0.39 is 0 Å². The molecule has 0 aliphatic heterocycles. The number of rotatable bonds is 2. The Kier molecular flexibility index (Phi) is 3.75. The number of nitrogens with zero attached hydrogens (tertiary/aromatic N) is 1. The highest BCUT2D eigenvalue weighted by atomic mass is 14.7. The Morgan fingerprint density at radius 2 is 1.68 bits per heavy atom. The maximum atomic E-state index is 4.65. The lowest BCUT2D eigenvalue weighted by Gasteiger charge is -2.19. The van der Waals surface area contributed by atoms with Gasteiger partial charge in [-0.2, -0.15) is 0 Å². The van der Waals surface area contributed by atoms with Crippen LogP contribution in [0.5, 0.6) is 0 Å². The van der Waals surface area contributed by atoms with E-state index >= 15 is 0 Å². The first-order chi connectivity index (χ1) is 8.87. The molecule has 0 amide bonds. The van der Waals surface area contributed by atoms with Gasteiger partial charge in [-0.25, -0.2) is 0 Å². The van der Waals surface area contributed by atoms with Gasteiger partial charge < -0.3 is 0 Å². The molecule has 0 spiro atoms. The first kappa shape index (κ1) is 13.8. The molecule has 0 saturated carbocycles. The highest BCUT2D eigenvalue weighted by molar-refractivity contribution is 5.64. The van der Waals surface area contributed by atoms with E-state index in [4.69, 9.17) is 0 Å². The zero-order valence-electron chi connectivity index (χ0n) is 12.6. The SMILES string of the molecule is Cc1cc(-c2ccccc2C)ncc1CC(C)(C)C. The molecule has 0 fully saturated rings. The van der Waals surface area contributed by atoms with Crippen LogP contribution in [0.1, 0.15) is 37.5 Å². The summed E-state index contributed by atoms with van der Waals surface area (Å²) >= 11 is 0. The van der Waals surface area contributed by atoms with Crippen LogP contribution >= 0.6 is 0 Å². The molecule has 0 aliphatic rings. The fourth-order valence-corrected chi connectivity index (χ4v) is 2.35. The molecule has 1 heteroatoms. The van der Waals surface area contributed by atoms with Crippen molar-refractivity contribution in [2.24, 2.45) is 5.41 Å². The summed E-state index contributed by atoms with van der Waals surface area (Å²) in [5.41, 5.74) is 6.57. The predicted octanol–water partition coefficient (Wildman–Crippen LogP) is 4.95. The summed E-state index contributed by atoms with van der Waals surface area (Å²) in [7, 11) is 0. The molecule has 1 heterocycles. The highest BCUT2D eigenvalue weighted by Gasteiger charge is 2.14. The number of pyridine rings is 1. The highest BCUT2D eigenvalue weighted by Crippen LogP contribution is 2.26. The second-order valence-corrected chi connectivity index (χ2v) is 6.55. The Balaban J connectivity index is 2.37. The topological polar surface area (TPSA) is 12.9 Å². The van der Waals surface area contributed by atoms with Crippen LogP contribution in [0.15, 0.2) is 36.5 Å². The third-order valence-electron chi connectivity index (χ3n) is 3.36. The summed E-state index contributed by atoms with van der Waals surface area (Å²) in [5, 5.41) is 0. The lowest BCUT2D eigenvalue weighted by molar-refractivity contribution is 0.410. The van der Waals surface area contributed by atoms with Crippen LogP contribution in [0.4, 0.5) is 0 Å². The molecule has 19 heavy (non-hydrogen) atoms. The smallest absolute Gasteiger partial charge is 0.0707 e. The number of aromatic nitrogens is 1. The van der Waals surface area contributed by atoms with Crippen molar-refractivity contribution in [1.29, 1.82) is 0 Å². The Bertz CT molecular complexity index is 576. The Morgan fingerprint density at radius 1 is 1.00 bits per heavy atom. The van der Waals surface area contributed by atoms with Gasteiger partial charge in [0, 0.05) is 11.8 Å². The van der Waals surface area contributed by atoms with E-state index in [-0.39, 0.29) is 0 Å². The van der Waals surface area contributed by atoms with Crippen molar-refractivity contribution in [3.8, 4) is 11.3 Å². The quantitative estimate of drug-likeness (QED) is 0.737. The molecule has 2 rings (SSSR count). The molecule has 1 nitrogen and oxygen atoms in total. The summed E-state index contributed by atoms with van der Waals surface area (Å²) in [6, 6.07) is 10.6. The van der Waals surface area contributed by atoms with E-state index in [1.54, 1.807) is 0 Å². The largest absolute Gasteiger partial charge is 0.256 e. The number of hydrogen-bond donors (Lipinski definition) is 0. The molecule has 0 bridgehead atoms. The Hall–Kier alpha value is -1.63. The molecule has 0 aliphatic carbocycles. The molecule has 0 atom stereocenters. The van der Waals surface area contributed by atoms with Gasteiger partial charge in [0.2, 0.25) is 0 Å². The zero-order chi connectivity index (χ0) is 14.0. The first-order valence-corrected chi connectivity index (χ1v) is 6.88.